The van der Waals surface area contributed by atoms with Crippen LogP contribution < -0.4 is 5.32 Å². The lowest BCUT2D eigenvalue weighted by Crippen LogP contribution is -2.33. The molecule has 8 heteroatoms. The van der Waals surface area contributed by atoms with Gasteiger partial charge in [-0.3, -0.25) is 10.1 Å². The van der Waals surface area contributed by atoms with Gasteiger partial charge in [-0.15, -0.1) is 0 Å². The summed E-state index contributed by atoms with van der Waals surface area (Å²) in [4.78, 5) is 26.0. The molecule has 0 radical (unpaired) electrons. The third kappa shape index (κ3) is 5.91. The Balaban J connectivity index is 1.89. The summed E-state index contributed by atoms with van der Waals surface area (Å²) in [5.74, 6) is 0. The van der Waals surface area contributed by atoms with E-state index >= 15 is 0 Å². The van der Waals surface area contributed by atoms with E-state index in [4.69, 9.17) is 4.74 Å². The first-order valence-corrected chi connectivity index (χ1v) is 7.94. The van der Waals surface area contributed by atoms with Crippen molar-refractivity contribution < 1.29 is 14.5 Å². The number of nitro benzene ring substituents is 1. The highest BCUT2D eigenvalue weighted by atomic mass is 16.6. The van der Waals surface area contributed by atoms with E-state index in [1.807, 2.05) is 25.3 Å². The normalized spacial score (nSPS) is 11.2. The van der Waals surface area contributed by atoms with Gasteiger partial charge in [0.2, 0.25) is 0 Å². The van der Waals surface area contributed by atoms with E-state index in [9.17, 15) is 14.9 Å². The summed E-state index contributed by atoms with van der Waals surface area (Å²) < 4.78 is 7.13. The van der Waals surface area contributed by atoms with Gasteiger partial charge >= 0.3 is 6.09 Å². The molecule has 1 aromatic heterocycles. The zero-order valence-electron chi connectivity index (χ0n) is 14.6. The van der Waals surface area contributed by atoms with Crippen molar-refractivity contribution in [2.45, 2.75) is 39.3 Å². The molecular weight excluding hydrogens is 324 g/mol. The van der Waals surface area contributed by atoms with E-state index in [2.05, 4.69) is 10.3 Å². The second-order valence-electron chi connectivity index (χ2n) is 6.62. The molecule has 1 aromatic carbocycles. The second kappa shape index (κ2) is 7.78. The number of nitrogens with one attached hydrogen (secondary N) is 1. The number of rotatable bonds is 6. The summed E-state index contributed by atoms with van der Waals surface area (Å²) >= 11 is 0. The fourth-order valence-electron chi connectivity index (χ4n) is 2.23. The monoisotopic (exact) mass is 346 g/mol. The number of ether oxygens (including phenoxy) is 1. The minimum absolute atomic E-state index is 0.0659. The Bertz CT molecular complexity index is 732. The first-order chi connectivity index (χ1) is 11.7. The highest BCUT2D eigenvalue weighted by Gasteiger charge is 2.15. The van der Waals surface area contributed by atoms with E-state index in [1.54, 1.807) is 24.7 Å². The summed E-state index contributed by atoms with van der Waals surface area (Å²) in [6.07, 6.45) is 3.59. The Morgan fingerprint density at radius 3 is 2.60 bits per heavy atom. The van der Waals surface area contributed by atoms with Gasteiger partial charge in [0.15, 0.2) is 0 Å². The van der Waals surface area contributed by atoms with Gasteiger partial charge in [0.1, 0.15) is 5.60 Å². The zero-order valence-corrected chi connectivity index (χ0v) is 14.6. The lowest BCUT2D eigenvalue weighted by atomic mass is 10.2. The molecule has 8 nitrogen and oxygen atoms in total. The molecule has 25 heavy (non-hydrogen) atoms. The summed E-state index contributed by atoms with van der Waals surface area (Å²) in [5, 5.41) is 13.4. The molecule has 0 aliphatic rings. The standard InChI is InChI=1S/C17H22N4O4/c1-17(2,3)25-16(22)19-9-8-15-10-18-12-20(15)11-13-4-6-14(7-5-13)21(23)24/h4-7,10,12H,8-9,11H2,1-3H3,(H,19,22). The lowest BCUT2D eigenvalue weighted by molar-refractivity contribution is -0.384. The van der Waals surface area contributed by atoms with Crippen LogP contribution in [0.1, 0.15) is 32.0 Å². The lowest BCUT2D eigenvalue weighted by Gasteiger charge is -2.19. The van der Waals surface area contributed by atoms with Crippen LogP contribution in [0.3, 0.4) is 0 Å². The third-order valence-corrected chi connectivity index (χ3v) is 3.35. The SMILES string of the molecule is CC(C)(C)OC(=O)NCCc1cncn1Cc1ccc([N+](=O)[O-])cc1. The van der Waals surface area contributed by atoms with Gasteiger partial charge in [-0.25, -0.2) is 9.78 Å². The van der Waals surface area contributed by atoms with Gasteiger partial charge < -0.3 is 14.6 Å². The number of imidazole rings is 1. The fraction of sp³-hybridized carbons (Fsp3) is 0.412. The Hall–Kier alpha value is -2.90. The van der Waals surface area contributed by atoms with Crippen molar-refractivity contribution in [3.63, 3.8) is 0 Å². The van der Waals surface area contributed by atoms with E-state index in [0.29, 0.717) is 19.5 Å². The zero-order chi connectivity index (χ0) is 18.4. The molecule has 1 amide bonds. The number of carbonyl (C=O) groups is 1. The molecule has 2 rings (SSSR count). The molecule has 2 aromatic rings. The molecule has 0 spiro atoms. The molecule has 0 fully saturated rings. The molecule has 0 atom stereocenters. The summed E-state index contributed by atoms with van der Waals surface area (Å²) in [6.45, 7) is 6.42. The van der Waals surface area contributed by atoms with Gasteiger partial charge in [0.25, 0.3) is 5.69 Å². The van der Waals surface area contributed by atoms with Crippen LogP contribution in [0.5, 0.6) is 0 Å². The third-order valence-electron chi connectivity index (χ3n) is 3.35. The maximum Gasteiger partial charge on any atom is 0.407 e. The Labute approximate surface area is 146 Å². The maximum absolute atomic E-state index is 11.6. The predicted molar refractivity (Wildman–Crippen MR) is 92.4 cm³/mol. The van der Waals surface area contributed by atoms with Crippen molar-refractivity contribution in [1.82, 2.24) is 14.9 Å². The Morgan fingerprint density at radius 2 is 2.00 bits per heavy atom. The van der Waals surface area contributed by atoms with Gasteiger partial charge in [-0.05, 0) is 26.3 Å². The number of alkyl carbamates (subject to hydrolysis) is 1. The molecule has 0 aliphatic heterocycles. The molecule has 0 aliphatic carbocycles. The van der Waals surface area contributed by atoms with E-state index in [-0.39, 0.29) is 5.69 Å². The molecular formula is C17H22N4O4. The number of nitro groups is 1. The summed E-state index contributed by atoms with van der Waals surface area (Å²) in [5.41, 5.74) is 1.43. The van der Waals surface area contributed by atoms with E-state index < -0.39 is 16.6 Å². The van der Waals surface area contributed by atoms with Gasteiger partial charge in [-0.1, -0.05) is 12.1 Å². The van der Waals surface area contributed by atoms with Crippen LogP contribution in [-0.2, 0) is 17.7 Å². The molecule has 1 heterocycles. The minimum Gasteiger partial charge on any atom is -0.444 e. The van der Waals surface area contributed by atoms with Crippen LogP contribution in [0.25, 0.3) is 0 Å². The molecule has 1 N–H and O–H groups in total. The van der Waals surface area contributed by atoms with Crippen LogP contribution >= 0.6 is 0 Å². The van der Waals surface area contributed by atoms with Crippen LogP contribution in [-0.4, -0.2) is 32.7 Å². The number of amides is 1. The number of benzene rings is 1. The van der Waals surface area contributed by atoms with Crippen LogP contribution in [0.15, 0.2) is 36.8 Å². The largest absolute Gasteiger partial charge is 0.444 e. The quantitative estimate of drug-likeness (QED) is 0.640. The maximum atomic E-state index is 11.6. The highest BCUT2D eigenvalue weighted by Crippen LogP contribution is 2.14. The first kappa shape index (κ1) is 18.4. The molecule has 0 unspecified atom stereocenters. The first-order valence-electron chi connectivity index (χ1n) is 7.94. The summed E-state index contributed by atoms with van der Waals surface area (Å²) in [7, 11) is 0. The Morgan fingerprint density at radius 1 is 1.32 bits per heavy atom. The second-order valence-corrected chi connectivity index (χ2v) is 6.62. The number of carbonyl (C=O) groups excluding carboxylic acids is 1. The minimum atomic E-state index is -0.526. The van der Waals surface area contributed by atoms with Crippen LogP contribution in [0.2, 0.25) is 0 Å². The van der Waals surface area contributed by atoms with Crippen molar-refractivity contribution in [3.05, 3.63) is 58.2 Å². The fourth-order valence-corrected chi connectivity index (χ4v) is 2.23. The van der Waals surface area contributed by atoms with E-state index in [0.717, 1.165) is 11.3 Å². The smallest absolute Gasteiger partial charge is 0.407 e. The average molecular weight is 346 g/mol. The number of non-ortho nitro benzene ring substituents is 1. The van der Waals surface area contributed by atoms with Crippen molar-refractivity contribution >= 4 is 11.8 Å². The topological polar surface area (TPSA) is 99.3 Å². The van der Waals surface area contributed by atoms with E-state index in [1.165, 1.54) is 12.1 Å². The molecule has 0 saturated carbocycles. The van der Waals surface area contributed by atoms with Gasteiger partial charge in [-0.2, -0.15) is 0 Å². The summed E-state index contributed by atoms with van der Waals surface area (Å²) in [6, 6.07) is 6.41. The van der Waals surface area contributed by atoms with Crippen molar-refractivity contribution in [3.8, 4) is 0 Å². The number of nitrogens with zero attached hydrogens (tertiary/aromatic N) is 3. The van der Waals surface area contributed by atoms with Crippen LogP contribution in [0, 0.1) is 10.1 Å². The average Bonchev–Trinajstić information content (AvgIpc) is 2.93. The highest BCUT2D eigenvalue weighted by molar-refractivity contribution is 5.67. The number of aromatic nitrogens is 2. The predicted octanol–water partition coefficient (Wildman–Crippen LogP) is 2.91. The number of hydrogen-bond acceptors (Lipinski definition) is 5. The molecule has 134 valence electrons. The molecule has 0 bridgehead atoms. The van der Waals surface area contributed by atoms with Crippen molar-refractivity contribution in [1.29, 1.82) is 0 Å². The van der Waals surface area contributed by atoms with Crippen LogP contribution in [0.4, 0.5) is 10.5 Å². The van der Waals surface area contributed by atoms with Gasteiger partial charge in [0.05, 0.1) is 11.3 Å². The van der Waals surface area contributed by atoms with Crippen molar-refractivity contribution in [2.75, 3.05) is 6.54 Å². The van der Waals surface area contributed by atoms with Crippen molar-refractivity contribution in [2.24, 2.45) is 0 Å². The Kier molecular flexibility index (Phi) is 5.74. The van der Waals surface area contributed by atoms with Gasteiger partial charge in [0, 0.05) is 43.5 Å². The molecule has 0 saturated heterocycles. The number of hydrogen-bond donors (Lipinski definition) is 1.